The summed E-state index contributed by atoms with van der Waals surface area (Å²) in [7, 11) is 0. The highest BCUT2D eigenvalue weighted by molar-refractivity contribution is 5.76. The van der Waals surface area contributed by atoms with Crippen molar-refractivity contribution in [2.24, 2.45) is 5.92 Å². The molecule has 0 bridgehead atoms. The van der Waals surface area contributed by atoms with Gasteiger partial charge in [-0.1, -0.05) is 29.8 Å². The molecule has 1 aliphatic heterocycles. The number of carbonyl (C=O) groups excluding carboxylic acids is 1. The van der Waals surface area contributed by atoms with Crippen LogP contribution in [0.2, 0.25) is 0 Å². The quantitative estimate of drug-likeness (QED) is 0.815. The normalized spacial score (nSPS) is 17.4. The molecular weight excluding hydrogens is 338 g/mol. The van der Waals surface area contributed by atoms with Crippen molar-refractivity contribution in [3.05, 3.63) is 52.3 Å². The fourth-order valence-corrected chi connectivity index (χ4v) is 3.76. The standard InChI is InChI=1S/C22H29N3O2/c1-15-3-7-18(8-4-15)16(2)23-22(26)10-9-20-19-14-27-12-11-21(19)25(24-20)13-17-5-6-17/h3-4,7-8,16-17H,5-6,9-14H2,1-2H3,(H,23,26). The summed E-state index contributed by atoms with van der Waals surface area (Å²) < 4.78 is 7.85. The monoisotopic (exact) mass is 367 g/mol. The predicted octanol–water partition coefficient (Wildman–Crippen LogP) is 3.48. The summed E-state index contributed by atoms with van der Waals surface area (Å²) in [6, 6.07) is 8.33. The molecule has 2 aromatic rings. The van der Waals surface area contributed by atoms with Crippen molar-refractivity contribution in [3.8, 4) is 0 Å². The fraction of sp³-hybridized carbons (Fsp3) is 0.545. The van der Waals surface area contributed by atoms with Gasteiger partial charge in [-0.25, -0.2) is 0 Å². The van der Waals surface area contributed by atoms with Crippen LogP contribution < -0.4 is 5.32 Å². The SMILES string of the molecule is Cc1ccc(C(C)NC(=O)CCc2nn(CC3CC3)c3c2COCC3)cc1. The largest absolute Gasteiger partial charge is 0.376 e. The van der Waals surface area contributed by atoms with Crippen LogP contribution >= 0.6 is 0 Å². The molecule has 1 saturated carbocycles. The number of hydrogen-bond acceptors (Lipinski definition) is 3. The van der Waals surface area contributed by atoms with Crippen LogP contribution in [-0.2, 0) is 35.5 Å². The van der Waals surface area contributed by atoms with Crippen molar-refractivity contribution in [2.75, 3.05) is 6.61 Å². The first-order valence-corrected chi connectivity index (χ1v) is 10.1. The molecule has 144 valence electrons. The smallest absolute Gasteiger partial charge is 0.220 e. The van der Waals surface area contributed by atoms with Crippen LogP contribution in [0.25, 0.3) is 0 Å². The minimum absolute atomic E-state index is 0.0165. The first kappa shape index (κ1) is 18.2. The maximum Gasteiger partial charge on any atom is 0.220 e. The number of hydrogen-bond donors (Lipinski definition) is 1. The van der Waals surface area contributed by atoms with Crippen LogP contribution in [0, 0.1) is 12.8 Å². The summed E-state index contributed by atoms with van der Waals surface area (Å²) in [5.41, 5.74) is 5.96. The van der Waals surface area contributed by atoms with Gasteiger partial charge in [0.15, 0.2) is 0 Å². The molecule has 1 N–H and O–H groups in total. The van der Waals surface area contributed by atoms with Crippen LogP contribution in [-0.4, -0.2) is 22.3 Å². The molecule has 2 heterocycles. The van der Waals surface area contributed by atoms with Gasteiger partial charge in [0.1, 0.15) is 0 Å². The third kappa shape index (κ3) is 4.41. The lowest BCUT2D eigenvalue weighted by atomic mass is 10.0. The number of fused-ring (bicyclic) bond motifs is 1. The summed E-state index contributed by atoms with van der Waals surface area (Å²) in [4.78, 5) is 12.5. The highest BCUT2D eigenvalue weighted by Crippen LogP contribution is 2.32. The van der Waals surface area contributed by atoms with Crippen molar-refractivity contribution in [1.29, 1.82) is 0 Å². The maximum absolute atomic E-state index is 12.5. The van der Waals surface area contributed by atoms with Crippen molar-refractivity contribution < 1.29 is 9.53 Å². The molecule has 5 heteroatoms. The molecule has 1 atom stereocenters. The minimum atomic E-state index is 0.0165. The minimum Gasteiger partial charge on any atom is -0.376 e. The fourth-order valence-electron chi connectivity index (χ4n) is 3.76. The zero-order valence-electron chi connectivity index (χ0n) is 16.3. The van der Waals surface area contributed by atoms with Gasteiger partial charge in [-0.2, -0.15) is 5.10 Å². The van der Waals surface area contributed by atoms with Crippen molar-refractivity contribution in [3.63, 3.8) is 0 Å². The van der Waals surface area contributed by atoms with Gasteiger partial charge < -0.3 is 10.1 Å². The molecule has 1 unspecified atom stereocenters. The van der Waals surface area contributed by atoms with E-state index >= 15 is 0 Å². The molecule has 1 aliphatic carbocycles. The number of carbonyl (C=O) groups is 1. The van der Waals surface area contributed by atoms with Crippen LogP contribution in [0.15, 0.2) is 24.3 Å². The topological polar surface area (TPSA) is 56.2 Å². The summed E-state index contributed by atoms with van der Waals surface area (Å²) in [6.45, 7) is 6.54. The first-order valence-electron chi connectivity index (χ1n) is 10.1. The Bertz CT molecular complexity index is 806. The molecule has 0 spiro atoms. The van der Waals surface area contributed by atoms with Gasteiger partial charge in [-0.05, 0) is 38.2 Å². The summed E-state index contributed by atoms with van der Waals surface area (Å²) in [5.74, 6) is 0.869. The van der Waals surface area contributed by atoms with Gasteiger partial charge in [0.25, 0.3) is 0 Å². The van der Waals surface area contributed by atoms with E-state index in [0.29, 0.717) is 19.4 Å². The number of ether oxygens (including phenoxy) is 1. The molecule has 4 rings (SSSR count). The number of nitrogens with one attached hydrogen (secondary N) is 1. The Kier molecular flexibility index (Phi) is 5.30. The Morgan fingerprint density at radius 3 is 2.85 bits per heavy atom. The number of amides is 1. The second-order valence-corrected chi connectivity index (χ2v) is 8.00. The summed E-state index contributed by atoms with van der Waals surface area (Å²) in [5, 5.41) is 7.96. The number of aryl methyl sites for hydroxylation is 2. The van der Waals surface area contributed by atoms with Gasteiger partial charge in [0.05, 0.1) is 24.9 Å². The van der Waals surface area contributed by atoms with E-state index in [1.165, 1.54) is 29.7 Å². The highest BCUT2D eigenvalue weighted by Gasteiger charge is 2.27. The Morgan fingerprint density at radius 2 is 2.11 bits per heavy atom. The molecule has 1 aromatic heterocycles. The van der Waals surface area contributed by atoms with Crippen LogP contribution in [0.1, 0.15) is 60.3 Å². The average molecular weight is 367 g/mol. The van der Waals surface area contributed by atoms with Crippen LogP contribution in [0.3, 0.4) is 0 Å². The average Bonchev–Trinajstić information content (AvgIpc) is 3.42. The molecule has 1 fully saturated rings. The van der Waals surface area contributed by atoms with E-state index in [1.54, 1.807) is 0 Å². The van der Waals surface area contributed by atoms with E-state index in [2.05, 4.69) is 41.2 Å². The second kappa shape index (κ2) is 7.85. The van der Waals surface area contributed by atoms with Gasteiger partial charge >= 0.3 is 0 Å². The van der Waals surface area contributed by atoms with E-state index < -0.39 is 0 Å². The van der Waals surface area contributed by atoms with Crippen molar-refractivity contribution in [2.45, 2.75) is 65.1 Å². The van der Waals surface area contributed by atoms with Gasteiger partial charge in [-0.15, -0.1) is 0 Å². The predicted molar refractivity (Wildman–Crippen MR) is 104 cm³/mol. The molecule has 1 aromatic carbocycles. The second-order valence-electron chi connectivity index (χ2n) is 8.00. The van der Waals surface area contributed by atoms with Gasteiger partial charge in [0, 0.05) is 37.1 Å². The van der Waals surface area contributed by atoms with E-state index in [0.717, 1.165) is 36.7 Å². The Morgan fingerprint density at radius 1 is 1.33 bits per heavy atom. The maximum atomic E-state index is 12.5. The van der Waals surface area contributed by atoms with E-state index in [1.807, 2.05) is 6.92 Å². The Hall–Kier alpha value is -2.14. The molecule has 0 saturated heterocycles. The van der Waals surface area contributed by atoms with E-state index in [4.69, 9.17) is 9.84 Å². The summed E-state index contributed by atoms with van der Waals surface area (Å²) >= 11 is 0. The molecular formula is C22H29N3O2. The first-order chi connectivity index (χ1) is 13.1. The lowest BCUT2D eigenvalue weighted by Crippen LogP contribution is -2.27. The summed E-state index contributed by atoms with van der Waals surface area (Å²) in [6.07, 6.45) is 4.71. The van der Waals surface area contributed by atoms with Crippen LogP contribution in [0.4, 0.5) is 0 Å². The molecule has 5 nitrogen and oxygen atoms in total. The third-order valence-electron chi connectivity index (χ3n) is 5.65. The number of rotatable bonds is 7. The van der Waals surface area contributed by atoms with Crippen molar-refractivity contribution >= 4 is 5.91 Å². The number of aromatic nitrogens is 2. The van der Waals surface area contributed by atoms with Gasteiger partial charge in [0.2, 0.25) is 5.91 Å². The van der Waals surface area contributed by atoms with Crippen LogP contribution in [0.5, 0.6) is 0 Å². The third-order valence-corrected chi connectivity index (χ3v) is 5.65. The zero-order chi connectivity index (χ0) is 18.8. The molecule has 1 amide bonds. The van der Waals surface area contributed by atoms with Crippen molar-refractivity contribution in [1.82, 2.24) is 15.1 Å². The van der Waals surface area contributed by atoms with E-state index in [-0.39, 0.29) is 11.9 Å². The molecule has 2 aliphatic rings. The lowest BCUT2D eigenvalue weighted by molar-refractivity contribution is -0.121. The Labute approximate surface area is 161 Å². The Balaban J connectivity index is 1.37. The molecule has 0 radical (unpaired) electrons. The van der Waals surface area contributed by atoms with Gasteiger partial charge in [-0.3, -0.25) is 9.48 Å². The lowest BCUT2D eigenvalue weighted by Gasteiger charge is -2.16. The highest BCUT2D eigenvalue weighted by atomic mass is 16.5. The van der Waals surface area contributed by atoms with E-state index in [9.17, 15) is 4.79 Å². The molecule has 27 heavy (non-hydrogen) atoms. The number of nitrogens with zero attached hydrogens (tertiary/aromatic N) is 2. The zero-order valence-corrected chi connectivity index (χ0v) is 16.3. The number of benzene rings is 1.